The van der Waals surface area contributed by atoms with Gasteiger partial charge in [0.2, 0.25) is 0 Å². The molecule has 0 N–H and O–H groups in total. The molecule has 4 aromatic heterocycles. The first-order valence-electron chi connectivity index (χ1n) is 13.3. The Hall–Kier alpha value is -5.82. The number of hydrogen-bond donors (Lipinski definition) is 0. The number of rotatable bonds is 2. The van der Waals surface area contributed by atoms with Gasteiger partial charge in [0.05, 0.1) is 38.4 Å². The molecule has 7 nitrogen and oxygen atoms in total. The summed E-state index contributed by atoms with van der Waals surface area (Å²) in [6, 6.07) is 37.6. The van der Waals surface area contributed by atoms with Gasteiger partial charge in [0.1, 0.15) is 5.82 Å². The van der Waals surface area contributed by atoms with Crippen LogP contribution in [0.4, 0.5) is 0 Å². The van der Waals surface area contributed by atoms with Crippen molar-refractivity contribution in [2.75, 3.05) is 0 Å². The van der Waals surface area contributed by atoms with E-state index in [1.807, 2.05) is 103 Å². The molecule has 4 heterocycles. The van der Waals surface area contributed by atoms with Gasteiger partial charge in [-0.25, -0.2) is 14.4 Å². The maximum atomic E-state index is 13.8. The van der Waals surface area contributed by atoms with Crippen molar-refractivity contribution in [1.29, 1.82) is 0 Å². The number of para-hydroxylation sites is 4. The van der Waals surface area contributed by atoms with Gasteiger partial charge in [0.25, 0.3) is 5.56 Å². The van der Waals surface area contributed by atoms with E-state index in [4.69, 9.17) is 14.4 Å². The number of nitrogens with zero attached hydrogens (tertiary/aromatic N) is 5. The van der Waals surface area contributed by atoms with E-state index >= 15 is 0 Å². The normalized spacial score (nSPS) is 12.0. The van der Waals surface area contributed by atoms with Crippen molar-refractivity contribution in [3.63, 3.8) is 0 Å². The van der Waals surface area contributed by atoms with E-state index in [1.54, 1.807) is 4.40 Å². The molecule has 9 rings (SSSR count). The summed E-state index contributed by atoms with van der Waals surface area (Å²) in [6.45, 7) is 0. The third-order valence-electron chi connectivity index (χ3n) is 7.77. The smallest absolute Gasteiger partial charge is 0.310 e. The summed E-state index contributed by atoms with van der Waals surface area (Å²) in [5, 5.41) is 3.22. The predicted molar refractivity (Wildman–Crippen MR) is 162 cm³/mol. The number of hydrogen-bond acceptors (Lipinski definition) is 5. The van der Waals surface area contributed by atoms with E-state index in [0.717, 1.165) is 49.6 Å². The van der Waals surface area contributed by atoms with E-state index in [-0.39, 0.29) is 11.4 Å². The molecule has 0 aliphatic carbocycles. The molecule has 0 aliphatic rings. The maximum absolute atomic E-state index is 13.8. The Morgan fingerprint density at radius 2 is 1.27 bits per heavy atom. The van der Waals surface area contributed by atoms with Crippen LogP contribution in [-0.2, 0) is 0 Å². The summed E-state index contributed by atoms with van der Waals surface area (Å²) in [6.07, 6.45) is 0. The molecule has 0 radical (unpaired) electrons. The summed E-state index contributed by atoms with van der Waals surface area (Å²) in [7, 11) is 0. The standard InChI is InChI=1S/C34H19N5O2/c40-33-23-18-19-28-29(30(23)41-34-36-25-15-7-9-17-27(25)39(33)34)22-13-5-8-16-26(22)38(28)32-21-12-4-6-14-24(21)35-31(37-32)20-10-2-1-3-11-20/h1-19H. The van der Waals surface area contributed by atoms with Crippen molar-refractivity contribution in [3.8, 4) is 17.2 Å². The zero-order chi connectivity index (χ0) is 27.1. The van der Waals surface area contributed by atoms with E-state index in [9.17, 15) is 4.79 Å². The van der Waals surface area contributed by atoms with E-state index in [0.29, 0.717) is 22.3 Å². The van der Waals surface area contributed by atoms with Gasteiger partial charge in [0, 0.05) is 16.3 Å². The molecule has 0 saturated heterocycles. The Kier molecular flexibility index (Phi) is 4.35. The average molecular weight is 530 g/mol. The summed E-state index contributed by atoms with van der Waals surface area (Å²) in [4.78, 5) is 28.5. The van der Waals surface area contributed by atoms with Gasteiger partial charge >= 0.3 is 5.84 Å². The van der Waals surface area contributed by atoms with Crippen molar-refractivity contribution in [2.45, 2.75) is 0 Å². The van der Waals surface area contributed by atoms with Crippen LogP contribution in [0.3, 0.4) is 0 Å². The fourth-order valence-electron chi connectivity index (χ4n) is 5.96. The topological polar surface area (TPSA) is 78.2 Å². The zero-order valence-electron chi connectivity index (χ0n) is 21.5. The predicted octanol–water partition coefficient (Wildman–Crippen LogP) is 7.30. The van der Waals surface area contributed by atoms with Crippen LogP contribution >= 0.6 is 0 Å². The zero-order valence-corrected chi connectivity index (χ0v) is 21.5. The number of imidazole rings is 1. The molecule has 0 unspecified atom stereocenters. The largest absolute Gasteiger partial charge is 0.424 e. The lowest BCUT2D eigenvalue weighted by molar-refractivity contribution is 0.620. The van der Waals surface area contributed by atoms with Crippen LogP contribution in [0.5, 0.6) is 0 Å². The highest BCUT2D eigenvalue weighted by molar-refractivity contribution is 6.20. The maximum Gasteiger partial charge on any atom is 0.310 e. The molecule has 7 heteroatoms. The Bertz CT molecular complexity index is 2560. The first kappa shape index (κ1) is 22.0. The van der Waals surface area contributed by atoms with Gasteiger partial charge in [-0.15, -0.1) is 0 Å². The molecular weight excluding hydrogens is 510 g/mol. The van der Waals surface area contributed by atoms with Crippen LogP contribution in [0.1, 0.15) is 0 Å². The van der Waals surface area contributed by atoms with Gasteiger partial charge in [0.15, 0.2) is 11.4 Å². The third-order valence-corrected chi connectivity index (χ3v) is 7.77. The molecule has 0 spiro atoms. The van der Waals surface area contributed by atoms with Gasteiger partial charge in [-0.2, -0.15) is 4.98 Å². The minimum atomic E-state index is -0.160. The van der Waals surface area contributed by atoms with Crippen molar-refractivity contribution in [1.82, 2.24) is 23.9 Å². The molecule has 0 saturated carbocycles. The Morgan fingerprint density at radius 3 is 2.12 bits per heavy atom. The monoisotopic (exact) mass is 529 g/mol. The molecule has 0 aliphatic heterocycles. The van der Waals surface area contributed by atoms with Crippen molar-refractivity contribution < 1.29 is 4.42 Å². The van der Waals surface area contributed by atoms with Crippen LogP contribution in [-0.4, -0.2) is 23.9 Å². The van der Waals surface area contributed by atoms with Crippen LogP contribution < -0.4 is 5.56 Å². The second kappa shape index (κ2) is 8.09. The lowest BCUT2D eigenvalue weighted by atomic mass is 10.1. The highest BCUT2D eigenvalue weighted by atomic mass is 16.4. The molecule has 192 valence electrons. The molecule has 0 bridgehead atoms. The number of fused-ring (bicyclic) bond motifs is 9. The van der Waals surface area contributed by atoms with E-state index < -0.39 is 0 Å². The van der Waals surface area contributed by atoms with Crippen LogP contribution in [0.25, 0.3) is 77.8 Å². The highest BCUT2D eigenvalue weighted by Crippen LogP contribution is 2.38. The van der Waals surface area contributed by atoms with Crippen LogP contribution in [0, 0.1) is 0 Å². The number of benzene rings is 5. The fraction of sp³-hybridized carbons (Fsp3) is 0. The van der Waals surface area contributed by atoms with Crippen molar-refractivity contribution in [3.05, 3.63) is 126 Å². The molecule has 0 fully saturated rings. The molecule has 0 amide bonds. The summed E-state index contributed by atoms with van der Waals surface area (Å²) >= 11 is 0. The quantitative estimate of drug-likeness (QED) is 0.235. The minimum absolute atomic E-state index is 0.160. The second-order valence-electron chi connectivity index (χ2n) is 10.1. The molecule has 9 aromatic rings. The molecule has 0 atom stereocenters. The van der Waals surface area contributed by atoms with Crippen molar-refractivity contribution in [2.24, 2.45) is 0 Å². The van der Waals surface area contributed by atoms with E-state index in [1.165, 1.54) is 0 Å². The molecule has 41 heavy (non-hydrogen) atoms. The Balaban J connectivity index is 1.45. The SMILES string of the molecule is O=c1c2ccc3c(c4ccccc4n3-c3nc(-c4ccccc4)nc4ccccc34)c2oc2nc3ccccc3n12. The lowest BCUT2D eigenvalue weighted by Gasteiger charge is -2.12. The summed E-state index contributed by atoms with van der Waals surface area (Å²) < 4.78 is 10.2. The minimum Gasteiger partial charge on any atom is -0.424 e. The Labute approximate surface area is 231 Å². The fourth-order valence-corrected chi connectivity index (χ4v) is 5.96. The summed E-state index contributed by atoms with van der Waals surface area (Å²) in [5.74, 6) is 1.67. The lowest BCUT2D eigenvalue weighted by Crippen LogP contribution is -2.12. The molecule has 5 aromatic carbocycles. The van der Waals surface area contributed by atoms with Crippen LogP contribution in [0.2, 0.25) is 0 Å². The Morgan fingerprint density at radius 1 is 0.561 bits per heavy atom. The van der Waals surface area contributed by atoms with Crippen LogP contribution in [0.15, 0.2) is 124 Å². The molecular formula is C34H19N5O2. The number of aromatic nitrogens is 5. The first-order chi connectivity index (χ1) is 20.3. The van der Waals surface area contributed by atoms with Gasteiger partial charge in [-0.05, 0) is 42.5 Å². The van der Waals surface area contributed by atoms with Gasteiger partial charge < -0.3 is 4.42 Å². The van der Waals surface area contributed by atoms with E-state index in [2.05, 4.69) is 21.7 Å². The highest BCUT2D eigenvalue weighted by Gasteiger charge is 2.22. The van der Waals surface area contributed by atoms with Gasteiger partial charge in [-0.1, -0.05) is 72.8 Å². The third kappa shape index (κ3) is 3.02. The first-order valence-corrected chi connectivity index (χ1v) is 13.3. The van der Waals surface area contributed by atoms with Gasteiger partial charge in [-0.3, -0.25) is 9.36 Å². The second-order valence-corrected chi connectivity index (χ2v) is 10.1. The van der Waals surface area contributed by atoms with Crippen molar-refractivity contribution >= 4 is 60.6 Å². The average Bonchev–Trinajstić information content (AvgIpc) is 3.57. The summed E-state index contributed by atoms with van der Waals surface area (Å²) in [5.41, 5.74) is 5.40.